The van der Waals surface area contributed by atoms with Gasteiger partial charge >= 0.3 is 0 Å². The Morgan fingerprint density at radius 3 is 2.92 bits per heavy atom. The van der Waals surface area contributed by atoms with Crippen LogP contribution in [0.1, 0.15) is 30.7 Å². The fraction of sp³-hybridized carbons (Fsp3) is 0.600. The molecule has 1 aromatic rings. The quantitative estimate of drug-likeness (QED) is 0.703. The first-order valence-electron chi connectivity index (χ1n) is 4.92. The highest BCUT2D eigenvalue weighted by molar-refractivity contribution is 5.10. The second kappa shape index (κ2) is 4.33. The van der Waals surface area contributed by atoms with Crippen LogP contribution in [0.5, 0.6) is 0 Å². The van der Waals surface area contributed by atoms with Gasteiger partial charge in [0, 0.05) is 18.9 Å². The number of hydrogen-bond acceptors (Lipinski definition) is 3. The maximum absolute atomic E-state index is 4.05. The minimum Gasteiger partial charge on any atom is -0.316 e. The maximum atomic E-state index is 4.05. The van der Waals surface area contributed by atoms with Crippen LogP contribution in [0.3, 0.4) is 0 Å². The van der Waals surface area contributed by atoms with E-state index in [1.54, 1.807) is 6.33 Å². The zero-order valence-corrected chi connectivity index (χ0v) is 7.74. The molecule has 13 heavy (non-hydrogen) atoms. The molecule has 1 aliphatic heterocycles. The average Bonchev–Trinajstić information content (AvgIpc) is 2.47. The van der Waals surface area contributed by atoms with Crippen LogP contribution >= 0.6 is 0 Å². The third kappa shape index (κ3) is 2.25. The van der Waals surface area contributed by atoms with Gasteiger partial charge in [0.05, 0.1) is 0 Å². The fourth-order valence-corrected chi connectivity index (χ4v) is 1.83. The van der Waals surface area contributed by atoms with Crippen LogP contribution in [0, 0.1) is 0 Å². The van der Waals surface area contributed by atoms with E-state index in [2.05, 4.69) is 15.3 Å². The zero-order chi connectivity index (χ0) is 8.93. The summed E-state index contributed by atoms with van der Waals surface area (Å²) in [4.78, 5) is 8.10. The highest BCUT2D eigenvalue weighted by Crippen LogP contribution is 2.21. The molecule has 0 spiro atoms. The lowest BCUT2D eigenvalue weighted by Crippen LogP contribution is -2.19. The first-order chi connectivity index (χ1) is 6.47. The summed E-state index contributed by atoms with van der Waals surface area (Å²) in [7, 11) is 0. The molecule has 0 saturated carbocycles. The molecule has 3 heteroatoms. The summed E-state index contributed by atoms with van der Waals surface area (Å²) in [6.07, 6.45) is 9.33. The molecule has 2 heterocycles. The van der Waals surface area contributed by atoms with E-state index in [0.717, 1.165) is 13.1 Å². The average molecular weight is 177 g/mol. The smallest absolute Gasteiger partial charge is 0.115 e. The number of hydrogen-bond donors (Lipinski definition) is 1. The molecule has 1 saturated heterocycles. The molecule has 1 fully saturated rings. The Morgan fingerprint density at radius 1 is 1.23 bits per heavy atom. The van der Waals surface area contributed by atoms with E-state index in [9.17, 15) is 0 Å². The van der Waals surface area contributed by atoms with Crippen LogP contribution in [0.15, 0.2) is 18.7 Å². The van der Waals surface area contributed by atoms with Crippen molar-refractivity contribution in [1.29, 1.82) is 0 Å². The number of nitrogens with one attached hydrogen (secondary N) is 1. The van der Waals surface area contributed by atoms with E-state index in [-0.39, 0.29) is 0 Å². The van der Waals surface area contributed by atoms with Gasteiger partial charge in [0.1, 0.15) is 6.33 Å². The van der Waals surface area contributed by atoms with Crippen molar-refractivity contribution in [3.8, 4) is 0 Å². The Kier molecular flexibility index (Phi) is 2.87. The highest BCUT2D eigenvalue weighted by Gasteiger charge is 2.13. The lowest BCUT2D eigenvalue weighted by atomic mass is 9.97. The first kappa shape index (κ1) is 8.63. The van der Waals surface area contributed by atoms with Crippen molar-refractivity contribution in [1.82, 2.24) is 15.3 Å². The third-order valence-electron chi connectivity index (χ3n) is 2.60. The standard InChI is InChI=1S/C10H15N3/c1-2-4-11-5-9(3-1)10-6-12-8-13-7-10/h6-9,11H,1-5H2/t9-/m0/s1. The molecule has 0 bridgehead atoms. The topological polar surface area (TPSA) is 37.8 Å². The molecule has 1 aromatic heterocycles. The molecule has 0 aromatic carbocycles. The van der Waals surface area contributed by atoms with Crippen LogP contribution in [0.2, 0.25) is 0 Å². The minimum absolute atomic E-state index is 0.615. The molecular weight excluding hydrogens is 162 g/mol. The van der Waals surface area contributed by atoms with E-state index in [0.29, 0.717) is 5.92 Å². The summed E-state index contributed by atoms with van der Waals surface area (Å²) >= 11 is 0. The fourth-order valence-electron chi connectivity index (χ4n) is 1.83. The van der Waals surface area contributed by atoms with Gasteiger partial charge in [-0.1, -0.05) is 6.42 Å². The van der Waals surface area contributed by atoms with Crippen molar-refractivity contribution in [2.45, 2.75) is 25.2 Å². The summed E-state index contributed by atoms with van der Waals surface area (Å²) in [5.41, 5.74) is 1.27. The number of rotatable bonds is 1. The molecule has 0 aliphatic carbocycles. The van der Waals surface area contributed by atoms with E-state index in [1.165, 1.54) is 24.8 Å². The highest BCUT2D eigenvalue weighted by atomic mass is 14.9. The first-order valence-corrected chi connectivity index (χ1v) is 4.92. The van der Waals surface area contributed by atoms with Gasteiger partial charge in [-0.25, -0.2) is 9.97 Å². The normalized spacial score (nSPS) is 23.8. The Balaban J connectivity index is 2.06. The number of aromatic nitrogens is 2. The van der Waals surface area contributed by atoms with Crippen LogP contribution in [0.4, 0.5) is 0 Å². The van der Waals surface area contributed by atoms with E-state index >= 15 is 0 Å². The van der Waals surface area contributed by atoms with Gasteiger partial charge in [0.15, 0.2) is 0 Å². The molecule has 1 N–H and O–H groups in total. The van der Waals surface area contributed by atoms with Crippen molar-refractivity contribution in [2.75, 3.05) is 13.1 Å². The van der Waals surface area contributed by atoms with Gasteiger partial charge in [0.2, 0.25) is 0 Å². The van der Waals surface area contributed by atoms with Crippen molar-refractivity contribution in [3.05, 3.63) is 24.3 Å². The van der Waals surface area contributed by atoms with E-state index < -0.39 is 0 Å². The summed E-state index contributed by atoms with van der Waals surface area (Å²) < 4.78 is 0. The van der Waals surface area contributed by atoms with E-state index in [1.807, 2.05) is 12.4 Å². The predicted molar refractivity (Wildman–Crippen MR) is 51.5 cm³/mol. The summed E-state index contributed by atoms with van der Waals surface area (Å²) in [6.45, 7) is 2.23. The Labute approximate surface area is 78.6 Å². The van der Waals surface area contributed by atoms with Gasteiger partial charge in [-0.2, -0.15) is 0 Å². The largest absolute Gasteiger partial charge is 0.316 e. The summed E-state index contributed by atoms with van der Waals surface area (Å²) in [6, 6.07) is 0. The summed E-state index contributed by atoms with van der Waals surface area (Å²) in [5.74, 6) is 0.615. The molecule has 1 atom stereocenters. The van der Waals surface area contributed by atoms with E-state index in [4.69, 9.17) is 0 Å². The molecule has 3 nitrogen and oxygen atoms in total. The Bertz CT molecular complexity index is 240. The molecule has 70 valence electrons. The van der Waals surface area contributed by atoms with Crippen LogP contribution in [0.25, 0.3) is 0 Å². The molecule has 2 rings (SSSR count). The molecular formula is C10H15N3. The zero-order valence-electron chi connectivity index (χ0n) is 7.74. The molecule has 0 amide bonds. The second-order valence-corrected chi connectivity index (χ2v) is 3.57. The minimum atomic E-state index is 0.615. The predicted octanol–water partition coefficient (Wildman–Crippen LogP) is 1.33. The van der Waals surface area contributed by atoms with Crippen LogP contribution in [-0.4, -0.2) is 23.1 Å². The van der Waals surface area contributed by atoms with Gasteiger partial charge in [0.25, 0.3) is 0 Å². The Hall–Kier alpha value is -0.960. The lowest BCUT2D eigenvalue weighted by Gasteiger charge is -2.12. The van der Waals surface area contributed by atoms with Crippen molar-refractivity contribution >= 4 is 0 Å². The molecule has 0 unspecified atom stereocenters. The van der Waals surface area contributed by atoms with Crippen LogP contribution < -0.4 is 5.32 Å². The van der Waals surface area contributed by atoms with Gasteiger partial charge < -0.3 is 5.32 Å². The maximum Gasteiger partial charge on any atom is 0.115 e. The lowest BCUT2D eigenvalue weighted by molar-refractivity contribution is 0.606. The molecule has 1 aliphatic rings. The van der Waals surface area contributed by atoms with Gasteiger partial charge in [-0.15, -0.1) is 0 Å². The van der Waals surface area contributed by atoms with Crippen LogP contribution in [-0.2, 0) is 0 Å². The van der Waals surface area contributed by atoms with Gasteiger partial charge in [-0.3, -0.25) is 0 Å². The van der Waals surface area contributed by atoms with Gasteiger partial charge in [-0.05, 0) is 30.9 Å². The SMILES string of the molecule is c1ncc([C@H]2CCCCNC2)cn1. The molecule has 0 radical (unpaired) electrons. The second-order valence-electron chi connectivity index (χ2n) is 3.57. The van der Waals surface area contributed by atoms with Crippen molar-refractivity contribution < 1.29 is 0 Å². The van der Waals surface area contributed by atoms with Crippen molar-refractivity contribution in [2.24, 2.45) is 0 Å². The number of nitrogens with zero attached hydrogens (tertiary/aromatic N) is 2. The summed E-state index contributed by atoms with van der Waals surface area (Å²) in [5, 5.41) is 3.44. The Morgan fingerprint density at radius 2 is 2.08 bits per heavy atom. The van der Waals surface area contributed by atoms with Crippen molar-refractivity contribution in [3.63, 3.8) is 0 Å². The third-order valence-corrected chi connectivity index (χ3v) is 2.60. The monoisotopic (exact) mass is 177 g/mol.